The van der Waals surface area contributed by atoms with Gasteiger partial charge in [-0.2, -0.15) is 0 Å². The van der Waals surface area contributed by atoms with Gasteiger partial charge in [0.25, 0.3) is 0 Å². The van der Waals surface area contributed by atoms with Crippen molar-refractivity contribution in [2.75, 3.05) is 17.6 Å². The van der Waals surface area contributed by atoms with Gasteiger partial charge in [0.2, 0.25) is 16.0 Å². The van der Waals surface area contributed by atoms with Gasteiger partial charge < -0.3 is 14.9 Å². The van der Waals surface area contributed by atoms with E-state index in [0.29, 0.717) is 22.5 Å². The maximum absolute atomic E-state index is 14.4. The van der Waals surface area contributed by atoms with Crippen molar-refractivity contribution in [3.05, 3.63) is 40.8 Å². The smallest absolute Gasteiger partial charge is 0.308 e. The van der Waals surface area contributed by atoms with Crippen molar-refractivity contribution >= 4 is 21.9 Å². The number of sulfonamides is 1. The normalized spacial score (nSPS) is 17.1. The Hall–Kier alpha value is -2.63. The van der Waals surface area contributed by atoms with Crippen LogP contribution in [-0.4, -0.2) is 65.7 Å². The van der Waals surface area contributed by atoms with Crippen LogP contribution in [0.4, 0.5) is 10.3 Å². The first-order valence-electron chi connectivity index (χ1n) is 12.2. The Bertz CT molecular complexity index is 1280. The SMILES string of the molecule is CC(C)c1nc(N(C)S(C)(=O)=O)nc2c1C[C@H]([C@@H](O)C[C@@H](O)CC(=O)OC(C)(C)C)c1cc(F)ccc1-2. The molecule has 37 heavy (non-hydrogen) atoms. The first-order chi connectivity index (χ1) is 17.0. The Morgan fingerprint density at radius 1 is 1.24 bits per heavy atom. The van der Waals surface area contributed by atoms with Gasteiger partial charge >= 0.3 is 5.97 Å². The minimum absolute atomic E-state index is 0.00649. The summed E-state index contributed by atoms with van der Waals surface area (Å²) in [6.45, 7) is 9.02. The number of nitrogens with zero attached hydrogens (tertiary/aromatic N) is 3. The standard InChI is InChI=1S/C26H36FN3O6S/c1-14(2)23-20-13-19(21(32)11-16(31)12-22(33)36-26(3,4)5)18-10-15(27)8-9-17(18)24(20)29-25(28-23)30(6)37(7,34)35/h8-10,14,16,19,21,31-32H,11-13H2,1-7H3/t16-,19+,21+/m1/s1. The third-order valence-electron chi connectivity index (χ3n) is 6.25. The second-order valence-corrected chi connectivity index (χ2v) is 12.9. The summed E-state index contributed by atoms with van der Waals surface area (Å²) in [5, 5.41) is 21.7. The zero-order valence-electron chi connectivity index (χ0n) is 22.3. The lowest BCUT2D eigenvalue weighted by Gasteiger charge is -2.33. The number of esters is 1. The highest BCUT2D eigenvalue weighted by Crippen LogP contribution is 2.44. The summed E-state index contributed by atoms with van der Waals surface area (Å²) in [6.07, 6.45) is -1.36. The molecule has 0 bridgehead atoms. The van der Waals surface area contributed by atoms with Crippen molar-refractivity contribution in [1.29, 1.82) is 0 Å². The van der Waals surface area contributed by atoms with Crippen molar-refractivity contribution in [2.24, 2.45) is 0 Å². The molecule has 0 fully saturated rings. The van der Waals surface area contributed by atoms with Crippen LogP contribution in [0.5, 0.6) is 0 Å². The Kier molecular flexibility index (Phi) is 8.31. The van der Waals surface area contributed by atoms with E-state index in [1.807, 2.05) is 13.8 Å². The number of aliphatic hydroxyl groups excluding tert-OH is 2. The molecule has 0 saturated heterocycles. The molecule has 1 aliphatic carbocycles. The van der Waals surface area contributed by atoms with Gasteiger partial charge in [-0.25, -0.2) is 27.1 Å². The van der Waals surface area contributed by atoms with Gasteiger partial charge in [-0.1, -0.05) is 13.8 Å². The van der Waals surface area contributed by atoms with E-state index in [1.54, 1.807) is 26.8 Å². The number of carbonyl (C=O) groups is 1. The summed E-state index contributed by atoms with van der Waals surface area (Å²) >= 11 is 0. The highest BCUT2D eigenvalue weighted by Gasteiger charge is 2.36. The number of aliphatic hydroxyl groups is 2. The third-order valence-corrected chi connectivity index (χ3v) is 7.40. The van der Waals surface area contributed by atoms with Crippen LogP contribution >= 0.6 is 0 Å². The summed E-state index contributed by atoms with van der Waals surface area (Å²) in [5.74, 6) is -1.77. The van der Waals surface area contributed by atoms with E-state index in [4.69, 9.17) is 4.74 Å². The molecule has 2 aromatic rings. The van der Waals surface area contributed by atoms with E-state index < -0.39 is 45.5 Å². The largest absolute Gasteiger partial charge is 0.460 e. The minimum Gasteiger partial charge on any atom is -0.460 e. The number of hydrogen-bond donors (Lipinski definition) is 2. The first kappa shape index (κ1) is 28.9. The summed E-state index contributed by atoms with van der Waals surface area (Å²) < 4.78 is 45.0. The topological polar surface area (TPSA) is 130 Å². The van der Waals surface area contributed by atoms with E-state index in [0.717, 1.165) is 16.1 Å². The first-order valence-corrected chi connectivity index (χ1v) is 14.0. The molecular formula is C26H36FN3O6S. The predicted octanol–water partition coefficient (Wildman–Crippen LogP) is 3.29. The number of halogens is 1. The molecule has 3 atom stereocenters. The van der Waals surface area contributed by atoms with Crippen LogP contribution in [0.3, 0.4) is 0 Å². The van der Waals surface area contributed by atoms with E-state index in [1.165, 1.54) is 19.2 Å². The number of carbonyl (C=O) groups excluding carboxylic acids is 1. The average molecular weight is 538 g/mol. The number of aromatic nitrogens is 2. The molecule has 1 aromatic carbocycles. The molecule has 0 unspecified atom stereocenters. The van der Waals surface area contributed by atoms with Crippen molar-refractivity contribution < 1.29 is 32.6 Å². The molecule has 3 rings (SSSR count). The lowest BCUT2D eigenvalue weighted by molar-refractivity contribution is -0.157. The van der Waals surface area contributed by atoms with Crippen LogP contribution in [0, 0.1) is 5.82 Å². The summed E-state index contributed by atoms with van der Waals surface area (Å²) in [7, 11) is -2.26. The van der Waals surface area contributed by atoms with Gasteiger partial charge in [-0.3, -0.25) is 4.79 Å². The van der Waals surface area contributed by atoms with E-state index in [2.05, 4.69) is 9.97 Å². The monoisotopic (exact) mass is 537 g/mol. The second-order valence-electron chi connectivity index (χ2n) is 10.9. The van der Waals surface area contributed by atoms with Crippen LogP contribution in [0.2, 0.25) is 0 Å². The average Bonchev–Trinajstić information content (AvgIpc) is 2.74. The molecule has 0 spiro atoms. The van der Waals surface area contributed by atoms with Gasteiger partial charge in [0.15, 0.2) is 0 Å². The van der Waals surface area contributed by atoms with Crippen LogP contribution in [0.15, 0.2) is 18.2 Å². The number of anilines is 1. The fourth-order valence-corrected chi connectivity index (χ4v) is 4.89. The van der Waals surface area contributed by atoms with Gasteiger partial charge in [-0.15, -0.1) is 0 Å². The minimum atomic E-state index is -3.63. The number of fused-ring (bicyclic) bond motifs is 3. The molecule has 0 amide bonds. The molecule has 9 nitrogen and oxygen atoms in total. The molecule has 11 heteroatoms. The van der Waals surface area contributed by atoms with Gasteiger partial charge in [0.1, 0.15) is 11.4 Å². The molecule has 0 aliphatic heterocycles. The fourth-order valence-electron chi connectivity index (χ4n) is 4.51. The zero-order chi connectivity index (χ0) is 27.9. The van der Waals surface area contributed by atoms with Crippen molar-refractivity contribution in [2.45, 2.75) is 83.5 Å². The zero-order valence-corrected chi connectivity index (χ0v) is 23.1. The van der Waals surface area contributed by atoms with Crippen molar-refractivity contribution in [3.63, 3.8) is 0 Å². The van der Waals surface area contributed by atoms with E-state index in [-0.39, 0.29) is 31.1 Å². The maximum atomic E-state index is 14.4. The van der Waals surface area contributed by atoms with Gasteiger partial charge in [0.05, 0.1) is 36.3 Å². The Morgan fingerprint density at radius 2 is 1.89 bits per heavy atom. The van der Waals surface area contributed by atoms with Gasteiger partial charge in [-0.05, 0) is 56.9 Å². The third kappa shape index (κ3) is 6.82. The van der Waals surface area contributed by atoms with Crippen molar-refractivity contribution in [3.8, 4) is 11.3 Å². The molecule has 1 heterocycles. The van der Waals surface area contributed by atoms with E-state index in [9.17, 15) is 27.8 Å². The van der Waals surface area contributed by atoms with Crippen LogP contribution < -0.4 is 4.31 Å². The van der Waals surface area contributed by atoms with Crippen LogP contribution in [0.25, 0.3) is 11.3 Å². The summed E-state index contributed by atoms with van der Waals surface area (Å²) in [6, 6.07) is 4.16. The summed E-state index contributed by atoms with van der Waals surface area (Å²) in [4.78, 5) is 21.2. The second kappa shape index (κ2) is 10.6. The van der Waals surface area contributed by atoms with E-state index >= 15 is 0 Å². The molecule has 2 N–H and O–H groups in total. The molecular weight excluding hydrogens is 501 g/mol. The Morgan fingerprint density at radius 3 is 2.46 bits per heavy atom. The number of rotatable bonds is 8. The molecule has 1 aromatic heterocycles. The predicted molar refractivity (Wildman–Crippen MR) is 138 cm³/mol. The molecule has 0 saturated carbocycles. The number of hydrogen-bond acceptors (Lipinski definition) is 8. The molecule has 1 aliphatic rings. The lowest BCUT2D eigenvalue weighted by Crippen LogP contribution is -2.32. The fraction of sp³-hybridized carbons (Fsp3) is 0.577. The van der Waals surface area contributed by atoms with Crippen LogP contribution in [0.1, 0.15) is 76.1 Å². The summed E-state index contributed by atoms with van der Waals surface area (Å²) in [5.41, 5.74) is 2.18. The number of benzene rings is 1. The lowest BCUT2D eigenvalue weighted by atomic mass is 9.75. The molecule has 0 radical (unpaired) electrons. The quantitative estimate of drug-likeness (QED) is 0.491. The number of ether oxygens (including phenoxy) is 1. The Balaban J connectivity index is 2.01. The highest BCUT2D eigenvalue weighted by molar-refractivity contribution is 7.92. The molecule has 204 valence electrons. The van der Waals surface area contributed by atoms with Crippen molar-refractivity contribution in [1.82, 2.24) is 9.97 Å². The highest BCUT2D eigenvalue weighted by atomic mass is 32.2. The maximum Gasteiger partial charge on any atom is 0.308 e. The van der Waals surface area contributed by atoms with Crippen LogP contribution in [-0.2, 0) is 26.0 Å². The Labute approximate surface area is 217 Å². The van der Waals surface area contributed by atoms with Gasteiger partial charge in [0, 0.05) is 30.5 Å².